The van der Waals surface area contributed by atoms with Crippen molar-refractivity contribution in [3.63, 3.8) is 0 Å². The zero-order chi connectivity index (χ0) is 15.3. The lowest BCUT2D eigenvalue weighted by Gasteiger charge is -2.26. The lowest BCUT2D eigenvalue weighted by Crippen LogP contribution is -2.39. The third kappa shape index (κ3) is 4.71. The van der Waals surface area contributed by atoms with E-state index in [9.17, 15) is 0 Å². The summed E-state index contributed by atoms with van der Waals surface area (Å²) in [6.07, 6.45) is 2.23. The second-order valence-electron chi connectivity index (χ2n) is 6.32. The molecule has 0 aliphatic rings. The third-order valence-corrected chi connectivity index (χ3v) is 3.91. The molecule has 1 N–H and O–H groups in total. The van der Waals surface area contributed by atoms with E-state index in [4.69, 9.17) is 0 Å². The standard InChI is InChI=1S/C18H27N3/c1-5-21-17(13-15(2)20-21)14-19-18(3,4)12-11-16-9-7-6-8-10-16/h6-10,13,19H,5,11-12,14H2,1-4H3. The highest BCUT2D eigenvalue weighted by Gasteiger charge is 2.17. The van der Waals surface area contributed by atoms with Gasteiger partial charge in [0.15, 0.2) is 0 Å². The predicted molar refractivity (Wildman–Crippen MR) is 88.3 cm³/mol. The van der Waals surface area contributed by atoms with Crippen molar-refractivity contribution in [2.45, 2.75) is 59.2 Å². The minimum Gasteiger partial charge on any atom is -0.306 e. The molecule has 0 saturated heterocycles. The van der Waals surface area contributed by atoms with E-state index >= 15 is 0 Å². The quantitative estimate of drug-likeness (QED) is 0.840. The Kier molecular flexibility index (Phi) is 5.18. The maximum absolute atomic E-state index is 4.50. The zero-order valence-corrected chi connectivity index (χ0v) is 13.7. The van der Waals surface area contributed by atoms with Crippen LogP contribution in [0.3, 0.4) is 0 Å². The summed E-state index contributed by atoms with van der Waals surface area (Å²) in [5, 5.41) is 8.17. The molecule has 3 heteroatoms. The molecule has 2 aromatic rings. The third-order valence-electron chi connectivity index (χ3n) is 3.91. The molecule has 0 atom stereocenters. The van der Waals surface area contributed by atoms with Crippen molar-refractivity contribution in [2.24, 2.45) is 0 Å². The van der Waals surface area contributed by atoms with E-state index in [2.05, 4.69) is 79.2 Å². The number of nitrogens with one attached hydrogen (secondary N) is 1. The fraction of sp³-hybridized carbons (Fsp3) is 0.500. The number of benzene rings is 1. The maximum atomic E-state index is 4.50. The lowest BCUT2D eigenvalue weighted by atomic mass is 9.95. The number of aromatic nitrogens is 2. The van der Waals surface area contributed by atoms with Gasteiger partial charge in [0.2, 0.25) is 0 Å². The molecular weight excluding hydrogens is 258 g/mol. The summed E-state index contributed by atoms with van der Waals surface area (Å²) in [6.45, 7) is 10.5. The van der Waals surface area contributed by atoms with Crippen LogP contribution in [0.2, 0.25) is 0 Å². The van der Waals surface area contributed by atoms with Crippen molar-refractivity contribution in [1.82, 2.24) is 15.1 Å². The molecule has 2 rings (SSSR count). The Balaban J connectivity index is 1.88. The average Bonchev–Trinajstić information content (AvgIpc) is 2.85. The van der Waals surface area contributed by atoms with Gasteiger partial charge < -0.3 is 5.32 Å². The van der Waals surface area contributed by atoms with Gasteiger partial charge in [-0.15, -0.1) is 0 Å². The molecule has 0 unspecified atom stereocenters. The summed E-state index contributed by atoms with van der Waals surface area (Å²) in [7, 11) is 0. The van der Waals surface area contributed by atoms with Crippen LogP contribution in [-0.4, -0.2) is 15.3 Å². The molecule has 0 fully saturated rings. The average molecular weight is 285 g/mol. The molecule has 0 aliphatic heterocycles. The van der Waals surface area contributed by atoms with Crippen LogP contribution in [0.25, 0.3) is 0 Å². The molecular formula is C18H27N3. The SMILES string of the molecule is CCn1nc(C)cc1CNC(C)(C)CCc1ccccc1. The van der Waals surface area contributed by atoms with Crippen molar-refractivity contribution in [3.8, 4) is 0 Å². The molecule has 0 saturated carbocycles. The first-order valence-corrected chi connectivity index (χ1v) is 7.82. The molecule has 0 amide bonds. The van der Waals surface area contributed by atoms with E-state index in [1.54, 1.807) is 0 Å². The lowest BCUT2D eigenvalue weighted by molar-refractivity contribution is 0.354. The Labute approximate surface area is 128 Å². The fourth-order valence-corrected chi connectivity index (χ4v) is 2.53. The van der Waals surface area contributed by atoms with Gasteiger partial charge in [0, 0.05) is 18.6 Å². The number of nitrogens with zero attached hydrogens (tertiary/aromatic N) is 2. The molecule has 0 radical (unpaired) electrons. The molecule has 1 heterocycles. The largest absolute Gasteiger partial charge is 0.306 e. The van der Waals surface area contributed by atoms with Gasteiger partial charge in [-0.2, -0.15) is 5.10 Å². The van der Waals surface area contributed by atoms with Gasteiger partial charge in [0.05, 0.1) is 11.4 Å². The number of aryl methyl sites for hydroxylation is 3. The van der Waals surface area contributed by atoms with Gasteiger partial charge in [-0.25, -0.2) is 0 Å². The Morgan fingerprint density at radius 2 is 1.90 bits per heavy atom. The highest BCUT2D eigenvalue weighted by Crippen LogP contribution is 2.15. The van der Waals surface area contributed by atoms with Gasteiger partial charge in [-0.3, -0.25) is 4.68 Å². The summed E-state index contributed by atoms with van der Waals surface area (Å²) in [4.78, 5) is 0. The fourth-order valence-electron chi connectivity index (χ4n) is 2.53. The zero-order valence-electron chi connectivity index (χ0n) is 13.7. The predicted octanol–water partition coefficient (Wildman–Crippen LogP) is 3.71. The van der Waals surface area contributed by atoms with Crippen LogP contribution in [0.1, 0.15) is 44.1 Å². The van der Waals surface area contributed by atoms with Crippen molar-refractivity contribution in [2.75, 3.05) is 0 Å². The van der Waals surface area contributed by atoms with E-state index < -0.39 is 0 Å². The van der Waals surface area contributed by atoms with Crippen LogP contribution in [0.4, 0.5) is 0 Å². The van der Waals surface area contributed by atoms with Crippen LogP contribution >= 0.6 is 0 Å². The minimum absolute atomic E-state index is 0.118. The monoisotopic (exact) mass is 285 g/mol. The summed E-state index contributed by atoms with van der Waals surface area (Å²) in [5.41, 5.74) is 3.88. The topological polar surface area (TPSA) is 29.9 Å². The van der Waals surface area contributed by atoms with E-state index in [0.29, 0.717) is 0 Å². The van der Waals surface area contributed by atoms with Crippen molar-refractivity contribution in [3.05, 3.63) is 53.3 Å². The molecule has 114 valence electrons. The maximum Gasteiger partial charge on any atom is 0.0597 e. The first-order valence-electron chi connectivity index (χ1n) is 7.82. The van der Waals surface area contributed by atoms with Crippen LogP contribution in [0, 0.1) is 6.92 Å². The number of rotatable bonds is 7. The number of hydrogen-bond acceptors (Lipinski definition) is 2. The highest BCUT2D eigenvalue weighted by atomic mass is 15.3. The van der Waals surface area contributed by atoms with Crippen molar-refractivity contribution < 1.29 is 0 Å². The van der Waals surface area contributed by atoms with Crippen LogP contribution in [-0.2, 0) is 19.5 Å². The van der Waals surface area contributed by atoms with E-state index in [-0.39, 0.29) is 5.54 Å². The smallest absolute Gasteiger partial charge is 0.0597 e. The van der Waals surface area contributed by atoms with Gasteiger partial charge in [-0.05, 0) is 52.2 Å². The summed E-state index contributed by atoms with van der Waals surface area (Å²) in [6, 6.07) is 12.9. The summed E-state index contributed by atoms with van der Waals surface area (Å²) >= 11 is 0. The Morgan fingerprint density at radius 3 is 2.57 bits per heavy atom. The molecule has 0 bridgehead atoms. The second-order valence-corrected chi connectivity index (χ2v) is 6.32. The van der Waals surface area contributed by atoms with Crippen molar-refractivity contribution in [1.29, 1.82) is 0 Å². The van der Waals surface area contributed by atoms with E-state index in [0.717, 1.165) is 31.6 Å². The van der Waals surface area contributed by atoms with Crippen LogP contribution < -0.4 is 5.32 Å². The molecule has 21 heavy (non-hydrogen) atoms. The summed E-state index contributed by atoms with van der Waals surface area (Å²) < 4.78 is 2.08. The Hall–Kier alpha value is -1.61. The molecule has 3 nitrogen and oxygen atoms in total. The van der Waals surface area contributed by atoms with Gasteiger partial charge >= 0.3 is 0 Å². The minimum atomic E-state index is 0.118. The Morgan fingerprint density at radius 1 is 1.19 bits per heavy atom. The summed E-state index contributed by atoms with van der Waals surface area (Å²) in [5.74, 6) is 0. The molecule has 0 aliphatic carbocycles. The molecule has 1 aromatic carbocycles. The van der Waals surface area contributed by atoms with Gasteiger partial charge in [0.25, 0.3) is 0 Å². The van der Waals surface area contributed by atoms with Gasteiger partial charge in [-0.1, -0.05) is 30.3 Å². The number of hydrogen-bond donors (Lipinski definition) is 1. The molecule has 1 aromatic heterocycles. The van der Waals surface area contributed by atoms with E-state index in [1.807, 2.05) is 0 Å². The van der Waals surface area contributed by atoms with Crippen LogP contribution in [0.15, 0.2) is 36.4 Å². The van der Waals surface area contributed by atoms with Crippen molar-refractivity contribution >= 4 is 0 Å². The second kappa shape index (κ2) is 6.90. The van der Waals surface area contributed by atoms with Gasteiger partial charge in [0.1, 0.15) is 0 Å². The molecule has 0 spiro atoms. The van der Waals surface area contributed by atoms with Crippen LogP contribution in [0.5, 0.6) is 0 Å². The Bertz CT molecular complexity index is 555. The highest BCUT2D eigenvalue weighted by molar-refractivity contribution is 5.15. The first kappa shape index (κ1) is 15.8. The normalized spacial score (nSPS) is 11.8. The first-order chi connectivity index (χ1) is 10.00. The van der Waals surface area contributed by atoms with E-state index in [1.165, 1.54) is 11.3 Å².